The number of benzene rings is 1. The van der Waals surface area contributed by atoms with E-state index in [9.17, 15) is 9.59 Å². The average molecular weight is 362 g/mol. The summed E-state index contributed by atoms with van der Waals surface area (Å²) in [7, 11) is 2.84. The normalized spacial score (nSPS) is 17.3. The second-order valence-corrected chi connectivity index (χ2v) is 6.76. The summed E-state index contributed by atoms with van der Waals surface area (Å²) in [6.07, 6.45) is 5.80. The Morgan fingerprint density at radius 3 is 2.73 bits per heavy atom. The van der Waals surface area contributed by atoms with E-state index < -0.39 is 5.97 Å². The molecular weight excluding hydrogens is 332 g/mol. The number of carbonyl (C=O) groups is 2. The Morgan fingerprint density at radius 2 is 2.04 bits per heavy atom. The molecule has 1 heterocycles. The molecule has 1 aromatic carbocycles. The zero-order chi connectivity index (χ0) is 18.9. The Morgan fingerprint density at radius 1 is 1.23 bits per heavy atom. The molecule has 1 fully saturated rings. The minimum atomic E-state index is -0.454. The van der Waals surface area contributed by atoms with Gasteiger partial charge in [0.15, 0.2) is 0 Å². The fourth-order valence-electron chi connectivity index (χ4n) is 3.49. The lowest BCUT2D eigenvalue weighted by Gasteiger charge is -2.21. The van der Waals surface area contributed by atoms with Crippen molar-refractivity contribution in [3.05, 3.63) is 29.3 Å². The van der Waals surface area contributed by atoms with E-state index in [1.54, 1.807) is 12.1 Å². The minimum absolute atomic E-state index is 0.0439. The number of nitrogens with zero attached hydrogens (tertiary/aromatic N) is 1. The van der Waals surface area contributed by atoms with Crippen LogP contribution < -0.4 is 10.1 Å². The molecule has 0 aromatic heterocycles. The summed E-state index contributed by atoms with van der Waals surface area (Å²) >= 11 is 0. The maximum absolute atomic E-state index is 12.5. The molecule has 144 valence electrons. The SMILES string of the molecule is CCCC1CCCN(C(=O)NCc2ccc(OC)c(C(=O)OC)c2)CC1. The van der Waals surface area contributed by atoms with Gasteiger partial charge in [0.2, 0.25) is 0 Å². The van der Waals surface area contributed by atoms with E-state index in [1.165, 1.54) is 33.5 Å². The summed E-state index contributed by atoms with van der Waals surface area (Å²) < 4.78 is 9.98. The van der Waals surface area contributed by atoms with E-state index in [4.69, 9.17) is 9.47 Å². The highest BCUT2D eigenvalue weighted by Gasteiger charge is 2.20. The molecule has 1 N–H and O–H groups in total. The molecule has 0 aliphatic carbocycles. The zero-order valence-electron chi connectivity index (χ0n) is 16.0. The van der Waals surface area contributed by atoms with Crippen LogP contribution in [0.5, 0.6) is 5.75 Å². The van der Waals surface area contributed by atoms with E-state index in [-0.39, 0.29) is 6.03 Å². The van der Waals surface area contributed by atoms with E-state index in [1.807, 2.05) is 11.0 Å². The number of amides is 2. The number of ether oxygens (including phenoxy) is 2. The van der Waals surface area contributed by atoms with Crippen molar-refractivity contribution in [1.29, 1.82) is 0 Å². The highest BCUT2D eigenvalue weighted by atomic mass is 16.5. The van der Waals surface area contributed by atoms with Gasteiger partial charge in [-0.1, -0.05) is 25.8 Å². The number of urea groups is 1. The maximum Gasteiger partial charge on any atom is 0.341 e. The van der Waals surface area contributed by atoms with Crippen molar-refractivity contribution in [2.24, 2.45) is 5.92 Å². The Hall–Kier alpha value is -2.24. The smallest absolute Gasteiger partial charge is 0.341 e. The quantitative estimate of drug-likeness (QED) is 0.785. The van der Waals surface area contributed by atoms with Gasteiger partial charge in [0.25, 0.3) is 0 Å². The van der Waals surface area contributed by atoms with Crippen LogP contribution in [0.25, 0.3) is 0 Å². The molecular formula is C20H30N2O4. The first-order valence-corrected chi connectivity index (χ1v) is 9.37. The first kappa shape index (κ1) is 20.1. The number of carbonyl (C=O) groups excluding carboxylic acids is 2. The topological polar surface area (TPSA) is 67.9 Å². The number of hydrogen-bond donors (Lipinski definition) is 1. The van der Waals surface area contributed by atoms with Crippen molar-refractivity contribution in [3.63, 3.8) is 0 Å². The lowest BCUT2D eigenvalue weighted by Crippen LogP contribution is -2.40. The standard InChI is InChI=1S/C20H30N2O4/c1-4-6-15-7-5-11-22(12-10-15)20(24)21-14-16-8-9-18(25-2)17(13-16)19(23)26-3/h8-9,13,15H,4-7,10-12,14H2,1-3H3,(H,21,24). The Balaban J connectivity index is 1.93. The van der Waals surface area contributed by atoms with Crippen molar-refractivity contribution in [1.82, 2.24) is 10.2 Å². The number of nitrogens with one attached hydrogen (secondary N) is 1. The van der Waals surface area contributed by atoms with Crippen LogP contribution in [-0.4, -0.2) is 44.2 Å². The van der Waals surface area contributed by atoms with Gasteiger partial charge >= 0.3 is 12.0 Å². The third-order valence-electron chi connectivity index (χ3n) is 4.94. The number of likely N-dealkylation sites (tertiary alicyclic amines) is 1. The molecule has 6 heteroatoms. The monoisotopic (exact) mass is 362 g/mol. The molecule has 1 aromatic rings. The second kappa shape index (κ2) is 10.0. The van der Waals surface area contributed by atoms with Gasteiger partial charge in [-0.2, -0.15) is 0 Å². The van der Waals surface area contributed by atoms with E-state index in [0.717, 1.165) is 37.4 Å². The van der Waals surface area contributed by atoms with Gasteiger partial charge in [-0.3, -0.25) is 0 Å². The summed E-state index contributed by atoms with van der Waals surface area (Å²) in [6, 6.07) is 5.21. The molecule has 2 rings (SSSR count). The third-order valence-corrected chi connectivity index (χ3v) is 4.94. The van der Waals surface area contributed by atoms with Gasteiger partial charge in [0, 0.05) is 19.6 Å². The van der Waals surface area contributed by atoms with Crippen LogP contribution in [0, 0.1) is 5.92 Å². The lowest BCUT2D eigenvalue weighted by atomic mass is 9.96. The van der Waals surface area contributed by atoms with Gasteiger partial charge in [-0.25, -0.2) is 9.59 Å². The average Bonchev–Trinajstić information content (AvgIpc) is 2.91. The number of esters is 1. The molecule has 0 spiro atoms. The molecule has 0 bridgehead atoms. The van der Waals surface area contributed by atoms with Crippen molar-refractivity contribution in [2.45, 2.75) is 45.6 Å². The van der Waals surface area contributed by atoms with E-state index in [0.29, 0.717) is 17.9 Å². The predicted octanol–water partition coefficient (Wildman–Crippen LogP) is 3.59. The minimum Gasteiger partial charge on any atom is -0.496 e. The van der Waals surface area contributed by atoms with Gasteiger partial charge in [0.05, 0.1) is 14.2 Å². The Bertz CT molecular complexity index is 618. The first-order chi connectivity index (χ1) is 12.6. The third kappa shape index (κ3) is 5.38. The largest absolute Gasteiger partial charge is 0.496 e. The van der Waals surface area contributed by atoms with E-state index >= 15 is 0 Å². The summed E-state index contributed by atoms with van der Waals surface area (Å²) in [5, 5.41) is 2.96. The van der Waals surface area contributed by atoms with Crippen LogP contribution in [0.3, 0.4) is 0 Å². The Kier molecular flexibility index (Phi) is 7.75. The van der Waals surface area contributed by atoms with Crippen molar-refractivity contribution in [2.75, 3.05) is 27.3 Å². The van der Waals surface area contributed by atoms with Crippen LogP contribution in [0.2, 0.25) is 0 Å². The van der Waals surface area contributed by atoms with Gasteiger partial charge in [0.1, 0.15) is 11.3 Å². The molecule has 0 radical (unpaired) electrons. The summed E-state index contributed by atoms with van der Waals surface area (Å²) in [4.78, 5) is 26.2. The highest BCUT2D eigenvalue weighted by molar-refractivity contribution is 5.92. The molecule has 1 aliphatic rings. The van der Waals surface area contributed by atoms with Gasteiger partial charge in [-0.15, -0.1) is 0 Å². The molecule has 1 aliphatic heterocycles. The number of hydrogen-bond acceptors (Lipinski definition) is 4. The Labute approximate surface area is 155 Å². The lowest BCUT2D eigenvalue weighted by molar-refractivity contribution is 0.0597. The summed E-state index contributed by atoms with van der Waals surface area (Å²) in [5.74, 6) is 0.743. The molecule has 2 amide bonds. The molecule has 1 saturated heterocycles. The summed E-state index contributed by atoms with van der Waals surface area (Å²) in [6.45, 7) is 4.20. The second-order valence-electron chi connectivity index (χ2n) is 6.76. The van der Waals surface area contributed by atoms with E-state index in [2.05, 4.69) is 12.2 Å². The van der Waals surface area contributed by atoms with Crippen molar-refractivity contribution >= 4 is 12.0 Å². The van der Waals surface area contributed by atoms with Gasteiger partial charge in [-0.05, 0) is 42.9 Å². The predicted molar refractivity (Wildman–Crippen MR) is 100 cm³/mol. The number of methoxy groups -OCH3 is 2. The first-order valence-electron chi connectivity index (χ1n) is 9.37. The molecule has 0 saturated carbocycles. The van der Waals surface area contributed by atoms with Crippen LogP contribution in [0.15, 0.2) is 18.2 Å². The van der Waals surface area contributed by atoms with Crippen LogP contribution >= 0.6 is 0 Å². The molecule has 1 unspecified atom stereocenters. The van der Waals surface area contributed by atoms with Crippen LogP contribution in [0.4, 0.5) is 4.79 Å². The van der Waals surface area contributed by atoms with Crippen molar-refractivity contribution < 1.29 is 19.1 Å². The van der Waals surface area contributed by atoms with Gasteiger partial charge < -0.3 is 19.7 Å². The van der Waals surface area contributed by atoms with Crippen molar-refractivity contribution in [3.8, 4) is 5.75 Å². The van der Waals surface area contributed by atoms with Crippen LogP contribution in [0.1, 0.15) is 54.9 Å². The molecule has 1 atom stereocenters. The highest BCUT2D eigenvalue weighted by Crippen LogP contribution is 2.23. The fourth-order valence-corrected chi connectivity index (χ4v) is 3.49. The number of rotatable bonds is 6. The maximum atomic E-state index is 12.5. The summed E-state index contributed by atoms with van der Waals surface area (Å²) in [5.41, 5.74) is 1.19. The van der Waals surface area contributed by atoms with Crippen LogP contribution in [-0.2, 0) is 11.3 Å². The zero-order valence-corrected chi connectivity index (χ0v) is 16.0. The molecule has 6 nitrogen and oxygen atoms in total. The molecule has 26 heavy (non-hydrogen) atoms. The fraction of sp³-hybridized carbons (Fsp3) is 0.600.